The van der Waals surface area contributed by atoms with Crippen LogP contribution in [-0.4, -0.2) is 23.8 Å². The van der Waals surface area contributed by atoms with Crippen molar-refractivity contribution in [3.05, 3.63) is 71.0 Å². The first-order valence-corrected chi connectivity index (χ1v) is 8.56. The van der Waals surface area contributed by atoms with Crippen LogP contribution < -0.4 is 0 Å². The number of likely N-dealkylation sites (N-methyl/N-ethyl adjacent to an activating group) is 1. The number of fused-ring (bicyclic) bond motifs is 2. The molecule has 0 radical (unpaired) electrons. The molecule has 3 aromatic rings. The molecule has 2 heterocycles. The summed E-state index contributed by atoms with van der Waals surface area (Å²) in [5.74, 6) is 0.230. The molecule has 1 atom stereocenters. The van der Waals surface area contributed by atoms with Crippen molar-refractivity contribution in [3.63, 3.8) is 0 Å². The average Bonchev–Trinajstić information content (AvgIpc) is 3.07. The summed E-state index contributed by atoms with van der Waals surface area (Å²) in [7, 11) is 1.80. The standard InChI is InChI=1S/C21H19NO4/c1-13-18-8-7-15(9-16(18)11-20(23)22(13)2)21(24)25-12-17-10-14-5-3-4-6-19(14)26-17/h3-10,13H,11-12H2,1-2H3/t13-/m0/s1. The largest absolute Gasteiger partial charge is 0.457 e. The molecule has 0 aliphatic carbocycles. The number of carbonyl (C=O) groups excluding carboxylic acids is 2. The summed E-state index contributed by atoms with van der Waals surface area (Å²) >= 11 is 0. The molecule has 0 saturated heterocycles. The first-order valence-electron chi connectivity index (χ1n) is 8.56. The summed E-state index contributed by atoms with van der Waals surface area (Å²) in [4.78, 5) is 26.2. The second-order valence-electron chi connectivity index (χ2n) is 6.60. The molecule has 0 N–H and O–H groups in total. The van der Waals surface area contributed by atoms with Gasteiger partial charge in [-0.15, -0.1) is 0 Å². The molecule has 1 amide bonds. The van der Waals surface area contributed by atoms with Crippen LogP contribution in [0.3, 0.4) is 0 Å². The topological polar surface area (TPSA) is 59.8 Å². The summed E-state index contributed by atoms with van der Waals surface area (Å²) in [6, 6.07) is 14.9. The fourth-order valence-corrected chi connectivity index (χ4v) is 3.33. The van der Waals surface area contributed by atoms with E-state index in [1.807, 2.05) is 43.3 Å². The third kappa shape index (κ3) is 2.86. The normalized spacial score (nSPS) is 16.6. The molecule has 2 aromatic carbocycles. The van der Waals surface area contributed by atoms with Gasteiger partial charge in [0.1, 0.15) is 18.0 Å². The van der Waals surface area contributed by atoms with Crippen molar-refractivity contribution in [1.29, 1.82) is 0 Å². The van der Waals surface area contributed by atoms with E-state index in [4.69, 9.17) is 9.15 Å². The van der Waals surface area contributed by atoms with Gasteiger partial charge >= 0.3 is 5.97 Å². The molecule has 132 valence electrons. The number of benzene rings is 2. The summed E-state index contributed by atoms with van der Waals surface area (Å²) in [6.07, 6.45) is 0.306. The van der Waals surface area contributed by atoms with Gasteiger partial charge in [-0.05, 0) is 42.3 Å². The van der Waals surface area contributed by atoms with Gasteiger partial charge in [-0.1, -0.05) is 24.3 Å². The molecule has 0 saturated carbocycles. The summed E-state index contributed by atoms with van der Waals surface area (Å²) in [5, 5.41) is 0.976. The zero-order valence-corrected chi connectivity index (χ0v) is 14.7. The van der Waals surface area contributed by atoms with E-state index in [9.17, 15) is 9.59 Å². The Bertz CT molecular complexity index is 971. The van der Waals surface area contributed by atoms with Crippen molar-refractivity contribution in [3.8, 4) is 0 Å². The highest BCUT2D eigenvalue weighted by atomic mass is 16.5. The van der Waals surface area contributed by atoms with Crippen molar-refractivity contribution < 1.29 is 18.7 Å². The Hall–Kier alpha value is -3.08. The maximum absolute atomic E-state index is 12.4. The number of rotatable bonds is 3. The SMILES string of the molecule is C[C@H]1c2ccc(C(=O)OCc3cc4ccccc4o3)cc2CC(=O)N1C. The van der Waals surface area contributed by atoms with Gasteiger partial charge in [-0.2, -0.15) is 0 Å². The van der Waals surface area contributed by atoms with E-state index >= 15 is 0 Å². The lowest BCUT2D eigenvalue weighted by Gasteiger charge is -2.32. The molecule has 5 heteroatoms. The lowest BCUT2D eigenvalue weighted by atomic mass is 9.92. The Morgan fingerprint density at radius 2 is 2.04 bits per heavy atom. The van der Waals surface area contributed by atoms with Gasteiger partial charge in [0.05, 0.1) is 18.0 Å². The van der Waals surface area contributed by atoms with Crippen LogP contribution >= 0.6 is 0 Å². The zero-order chi connectivity index (χ0) is 18.3. The van der Waals surface area contributed by atoms with Gasteiger partial charge in [0.25, 0.3) is 0 Å². The maximum atomic E-state index is 12.4. The minimum atomic E-state index is -0.424. The highest BCUT2D eigenvalue weighted by Crippen LogP contribution is 2.29. The van der Waals surface area contributed by atoms with Gasteiger partial charge in [0, 0.05) is 12.4 Å². The number of nitrogens with zero attached hydrogens (tertiary/aromatic N) is 1. The molecule has 4 rings (SSSR count). The number of esters is 1. The van der Waals surface area contributed by atoms with Crippen LogP contribution in [0.2, 0.25) is 0 Å². The number of carbonyl (C=O) groups is 2. The lowest BCUT2D eigenvalue weighted by Crippen LogP contribution is -2.35. The minimum absolute atomic E-state index is 0.00636. The van der Waals surface area contributed by atoms with Crippen molar-refractivity contribution in [2.75, 3.05) is 7.05 Å². The number of amides is 1. The number of furan rings is 1. The predicted molar refractivity (Wildman–Crippen MR) is 96.7 cm³/mol. The third-order valence-corrected chi connectivity index (χ3v) is 4.97. The van der Waals surface area contributed by atoms with E-state index in [1.54, 1.807) is 24.1 Å². The van der Waals surface area contributed by atoms with Crippen LogP contribution in [0, 0.1) is 0 Å². The molecule has 0 bridgehead atoms. The van der Waals surface area contributed by atoms with Gasteiger partial charge < -0.3 is 14.1 Å². The fraction of sp³-hybridized carbons (Fsp3) is 0.238. The Balaban J connectivity index is 1.50. The Kier molecular flexibility index (Phi) is 3.99. The van der Waals surface area contributed by atoms with Crippen LogP contribution in [0.4, 0.5) is 0 Å². The first-order chi connectivity index (χ1) is 12.5. The molecule has 1 aliphatic heterocycles. The number of ether oxygens (including phenoxy) is 1. The second kappa shape index (κ2) is 6.33. The van der Waals surface area contributed by atoms with E-state index < -0.39 is 5.97 Å². The highest BCUT2D eigenvalue weighted by molar-refractivity contribution is 5.91. The Morgan fingerprint density at radius 3 is 2.85 bits per heavy atom. The smallest absolute Gasteiger partial charge is 0.338 e. The zero-order valence-electron chi connectivity index (χ0n) is 14.7. The van der Waals surface area contributed by atoms with Crippen molar-refractivity contribution in [2.24, 2.45) is 0 Å². The van der Waals surface area contributed by atoms with E-state index in [0.29, 0.717) is 17.7 Å². The summed E-state index contributed by atoms with van der Waals surface area (Å²) < 4.78 is 11.0. The summed E-state index contributed by atoms with van der Waals surface area (Å²) in [5.41, 5.74) is 3.17. The van der Waals surface area contributed by atoms with Gasteiger partial charge in [-0.3, -0.25) is 4.79 Å². The van der Waals surface area contributed by atoms with E-state index in [0.717, 1.165) is 22.1 Å². The molecular formula is C21H19NO4. The van der Waals surface area contributed by atoms with Crippen LogP contribution in [-0.2, 0) is 22.6 Å². The Morgan fingerprint density at radius 1 is 1.23 bits per heavy atom. The lowest BCUT2D eigenvalue weighted by molar-refractivity contribution is -0.132. The van der Waals surface area contributed by atoms with Crippen molar-refractivity contribution in [1.82, 2.24) is 4.90 Å². The number of hydrogen-bond acceptors (Lipinski definition) is 4. The minimum Gasteiger partial charge on any atom is -0.457 e. The maximum Gasteiger partial charge on any atom is 0.338 e. The highest BCUT2D eigenvalue weighted by Gasteiger charge is 2.27. The monoisotopic (exact) mass is 349 g/mol. The summed E-state index contributed by atoms with van der Waals surface area (Å²) in [6.45, 7) is 2.05. The number of para-hydroxylation sites is 1. The van der Waals surface area contributed by atoms with Gasteiger partial charge in [-0.25, -0.2) is 4.79 Å². The quantitative estimate of drug-likeness (QED) is 0.674. The van der Waals surface area contributed by atoms with Gasteiger partial charge in [0.15, 0.2) is 0 Å². The molecule has 0 unspecified atom stereocenters. The molecular weight excluding hydrogens is 330 g/mol. The second-order valence-corrected chi connectivity index (χ2v) is 6.60. The van der Waals surface area contributed by atoms with E-state index in [-0.39, 0.29) is 18.6 Å². The molecule has 26 heavy (non-hydrogen) atoms. The van der Waals surface area contributed by atoms with Crippen LogP contribution in [0.5, 0.6) is 0 Å². The fourth-order valence-electron chi connectivity index (χ4n) is 3.33. The third-order valence-electron chi connectivity index (χ3n) is 4.97. The predicted octanol–water partition coefficient (Wildman–Crippen LogP) is 3.87. The molecule has 1 aromatic heterocycles. The van der Waals surface area contributed by atoms with Crippen molar-refractivity contribution in [2.45, 2.75) is 26.0 Å². The molecule has 0 spiro atoms. The average molecular weight is 349 g/mol. The first kappa shape index (κ1) is 16.4. The van der Waals surface area contributed by atoms with Crippen LogP contribution in [0.25, 0.3) is 11.0 Å². The Labute approximate surface area is 151 Å². The molecule has 1 aliphatic rings. The van der Waals surface area contributed by atoms with E-state index in [1.165, 1.54) is 0 Å². The van der Waals surface area contributed by atoms with Crippen molar-refractivity contribution >= 4 is 22.8 Å². The molecule has 5 nitrogen and oxygen atoms in total. The van der Waals surface area contributed by atoms with Crippen LogP contribution in [0.15, 0.2) is 52.9 Å². The molecule has 0 fully saturated rings. The van der Waals surface area contributed by atoms with E-state index in [2.05, 4.69) is 0 Å². The van der Waals surface area contributed by atoms with Crippen LogP contribution in [0.1, 0.15) is 40.2 Å². The number of hydrogen-bond donors (Lipinski definition) is 0. The van der Waals surface area contributed by atoms with Gasteiger partial charge in [0.2, 0.25) is 5.91 Å².